The topological polar surface area (TPSA) is 128 Å². The Bertz CT molecular complexity index is 1350. The molecule has 1 fully saturated rings. The van der Waals surface area contributed by atoms with Gasteiger partial charge in [0.2, 0.25) is 0 Å². The average Bonchev–Trinajstić information content (AvgIpc) is 3.47. The molecule has 1 aliphatic rings. The van der Waals surface area contributed by atoms with E-state index in [0.29, 0.717) is 40.5 Å². The van der Waals surface area contributed by atoms with Crippen molar-refractivity contribution < 1.29 is 13.9 Å². The highest BCUT2D eigenvalue weighted by Crippen LogP contribution is 2.40. The number of H-pyrrole nitrogens is 1. The lowest BCUT2D eigenvalue weighted by Crippen LogP contribution is -2.25. The fraction of sp³-hybridized carbons (Fsp3) is 0.227. The Morgan fingerprint density at radius 3 is 2.90 bits per heavy atom. The minimum absolute atomic E-state index is 0.0930. The van der Waals surface area contributed by atoms with Crippen LogP contribution in [0, 0.1) is 24.1 Å². The predicted molar refractivity (Wildman–Crippen MR) is 113 cm³/mol. The summed E-state index contributed by atoms with van der Waals surface area (Å²) >= 11 is 0. The molecule has 1 unspecified atom stereocenters. The number of phenolic OH excluding ortho intramolecular Hbond substituents is 1. The molecule has 0 radical (unpaired) electrons. The fourth-order valence-corrected chi connectivity index (χ4v) is 4.07. The molecule has 4 heterocycles. The van der Waals surface area contributed by atoms with Crippen LogP contribution < -0.4 is 10.6 Å². The molecule has 0 aliphatic carbocycles. The summed E-state index contributed by atoms with van der Waals surface area (Å²) in [6.07, 6.45) is 0.879. The van der Waals surface area contributed by atoms with Crippen LogP contribution in [0.15, 0.2) is 34.7 Å². The van der Waals surface area contributed by atoms with Crippen LogP contribution in [-0.4, -0.2) is 39.4 Å². The van der Waals surface area contributed by atoms with Crippen LogP contribution in [0.3, 0.4) is 0 Å². The highest BCUT2D eigenvalue weighted by molar-refractivity contribution is 5.99. The molecule has 5 rings (SSSR count). The SMILES string of the molecule is Cc1[nH]nc2nc(-c3ccc(O)cc3F)c(C#N)c(-c3ccc(N4CCC(N)C4)o3)c12. The van der Waals surface area contributed by atoms with E-state index in [1.807, 2.05) is 13.0 Å². The number of anilines is 1. The third-order valence-corrected chi connectivity index (χ3v) is 5.58. The van der Waals surface area contributed by atoms with E-state index in [9.17, 15) is 14.8 Å². The molecule has 1 aromatic carbocycles. The largest absolute Gasteiger partial charge is 0.508 e. The first-order valence-electron chi connectivity index (χ1n) is 9.84. The van der Waals surface area contributed by atoms with Crippen LogP contribution in [0.4, 0.5) is 10.3 Å². The number of nitrogens with one attached hydrogen (secondary N) is 1. The maximum Gasteiger partial charge on any atom is 0.196 e. The first-order chi connectivity index (χ1) is 15.0. The molecular formula is C22H19FN6O2. The molecule has 0 spiro atoms. The van der Waals surface area contributed by atoms with Crippen molar-refractivity contribution in [1.29, 1.82) is 5.26 Å². The van der Waals surface area contributed by atoms with Crippen LogP contribution >= 0.6 is 0 Å². The van der Waals surface area contributed by atoms with Gasteiger partial charge < -0.3 is 20.2 Å². The Morgan fingerprint density at radius 2 is 2.19 bits per heavy atom. The Morgan fingerprint density at radius 1 is 1.35 bits per heavy atom. The second kappa shape index (κ2) is 7.11. The molecule has 0 amide bonds. The number of nitriles is 1. The number of aromatic hydroxyl groups is 1. The number of halogens is 1. The van der Waals surface area contributed by atoms with Gasteiger partial charge in [-0.25, -0.2) is 9.37 Å². The van der Waals surface area contributed by atoms with Gasteiger partial charge in [0.1, 0.15) is 23.4 Å². The van der Waals surface area contributed by atoms with Gasteiger partial charge in [-0.3, -0.25) is 5.10 Å². The van der Waals surface area contributed by atoms with Crippen LogP contribution in [0.5, 0.6) is 5.75 Å². The standard InChI is InChI=1S/C22H19FN6O2/c1-11-19-20(17-4-5-18(31-17)29-7-6-12(25)10-29)15(9-24)21(26-22(19)28-27-11)14-3-2-13(30)8-16(14)23/h2-5,8,12,30H,6-7,10,25H2,1H3,(H,26,27,28). The van der Waals surface area contributed by atoms with Crippen LogP contribution in [-0.2, 0) is 0 Å². The number of fused-ring (bicyclic) bond motifs is 1. The van der Waals surface area contributed by atoms with Crippen molar-refractivity contribution in [1.82, 2.24) is 15.2 Å². The summed E-state index contributed by atoms with van der Waals surface area (Å²) in [7, 11) is 0. The minimum atomic E-state index is -0.687. The van der Waals surface area contributed by atoms with E-state index in [1.165, 1.54) is 12.1 Å². The highest BCUT2D eigenvalue weighted by Gasteiger charge is 2.26. The monoisotopic (exact) mass is 418 g/mol. The summed E-state index contributed by atoms with van der Waals surface area (Å²) in [4.78, 5) is 6.51. The molecule has 3 aromatic heterocycles. The maximum absolute atomic E-state index is 14.7. The maximum atomic E-state index is 14.7. The number of pyridine rings is 1. The number of furan rings is 1. The number of rotatable bonds is 3. The predicted octanol–water partition coefficient (Wildman–Crippen LogP) is 3.45. The Kier molecular flexibility index (Phi) is 4.38. The highest BCUT2D eigenvalue weighted by atomic mass is 19.1. The van der Waals surface area contributed by atoms with Crippen LogP contribution in [0.25, 0.3) is 33.6 Å². The molecule has 4 N–H and O–H groups in total. The summed E-state index contributed by atoms with van der Waals surface area (Å²) in [5.74, 6) is 0.226. The third kappa shape index (κ3) is 3.08. The normalized spacial score (nSPS) is 16.2. The summed E-state index contributed by atoms with van der Waals surface area (Å²) in [6.45, 7) is 3.31. The van der Waals surface area contributed by atoms with Crippen molar-refractivity contribution in [3.63, 3.8) is 0 Å². The zero-order valence-corrected chi connectivity index (χ0v) is 16.7. The van der Waals surface area contributed by atoms with Gasteiger partial charge in [0.05, 0.1) is 22.2 Å². The van der Waals surface area contributed by atoms with Gasteiger partial charge in [-0.15, -0.1) is 0 Å². The molecule has 1 saturated heterocycles. The smallest absolute Gasteiger partial charge is 0.196 e. The van der Waals surface area contributed by atoms with Crippen molar-refractivity contribution in [3.8, 4) is 34.4 Å². The molecule has 0 saturated carbocycles. The van der Waals surface area contributed by atoms with E-state index >= 15 is 0 Å². The van der Waals surface area contributed by atoms with Gasteiger partial charge in [-0.1, -0.05) is 0 Å². The van der Waals surface area contributed by atoms with Crippen molar-refractivity contribution in [3.05, 3.63) is 47.4 Å². The number of benzene rings is 1. The number of aromatic amines is 1. The second-order valence-electron chi connectivity index (χ2n) is 7.67. The third-order valence-electron chi connectivity index (χ3n) is 5.58. The molecular weight excluding hydrogens is 399 g/mol. The number of hydrogen-bond acceptors (Lipinski definition) is 7. The lowest BCUT2D eigenvalue weighted by atomic mass is 9.96. The molecule has 8 nitrogen and oxygen atoms in total. The molecule has 156 valence electrons. The summed E-state index contributed by atoms with van der Waals surface area (Å²) in [5.41, 5.74) is 7.96. The van der Waals surface area contributed by atoms with Gasteiger partial charge in [0.25, 0.3) is 0 Å². The second-order valence-corrected chi connectivity index (χ2v) is 7.67. The molecule has 1 aliphatic heterocycles. The van der Waals surface area contributed by atoms with E-state index in [2.05, 4.69) is 26.2 Å². The lowest BCUT2D eigenvalue weighted by Gasteiger charge is -2.14. The summed E-state index contributed by atoms with van der Waals surface area (Å²) < 4.78 is 20.8. The molecule has 4 aromatic rings. The van der Waals surface area contributed by atoms with Crippen molar-refractivity contribution >= 4 is 16.9 Å². The van der Waals surface area contributed by atoms with Gasteiger partial charge in [0, 0.05) is 42.5 Å². The minimum Gasteiger partial charge on any atom is -0.508 e. The molecule has 1 atom stereocenters. The van der Waals surface area contributed by atoms with Gasteiger partial charge in [-0.05, 0) is 31.5 Å². The van der Waals surface area contributed by atoms with Crippen LogP contribution in [0.1, 0.15) is 17.7 Å². The van der Waals surface area contributed by atoms with Gasteiger partial charge in [-0.2, -0.15) is 10.4 Å². The number of aromatic nitrogens is 3. The number of phenols is 1. The Balaban J connectivity index is 1.75. The Hall–Kier alpha value is -3.90. The van der Waals surface area contributed by atoms with E-state index in [0.717, 1.165) is 19.0 Å². The van der Waals surface area contributed by atoms with E-state index in [4.69, 9.17) is 10.2 Å². The fourth-order valence-electron chi connectivity index (χ4n) is 4.07. The number of nitrogens with two attached hydrogens (primary N) is 1. The molecule has 0 bridgehead atoms. The number of aryl methyl sites for hydroxylation is 1. The molecule has 31 heavy (non-hydrogen) atoms. The van der Waals surface area contributed by atoms with Gasteiger partial charge in [0.15, 0.2) is 11.5 Å². The van der Waals surface area contributed by atoms with Crippen LogP contribution in [0.2, 0.25) is 0 Å². The quantitative estimate of drug-likeness (QED) is 0.465. The first kappa shape index (κ1) is 19.1. The number of hydrogen-bond donors (Lipinski definition) is 3. The lowest BCUT2D eigenvalue weighted by molar-refractivity contribution is 0.469. The Labute approximate surface area is 176 Å². The zero-order valence-electron chi connectivity index (χ0n) is 16.7. The summed E-state index contributed by atoms with van der Waals surface area (Å²) in [5, 5.41) is 27.4. The molecule has 9 heteroatoms. The van der Waals surface area contributed by atoms with Crippen molar-refractivity contribution in [2.45, 2.75) is 19.4 Å². The summed E-state index contributed by atoms with van der Waals surface area (Å²) in [6, 6.07) is 9.63. The number of nitrogens with zero attached hydrogens (tertiary/aromatic N) is 4. The van der Waals surface area contributed by atoms with E-state index < -0.39 is 5.82 Å². The van der Waals surface area contributed by atoms with Gasteiger partial charge >= 0.3 is 0 Å². The first-order valence-corrected chi connectivity index (χ1v) is 9.84. The van der Waals surface area contributed by atoms with E-state index in [-0.39, 0.29) is 28.6 Å². The van der Waals surface area contributed by atoms with E-state index in [1.54, 1.807) is 6.07 Å². The van der Waals surface area contributed by atoms with Crippen molar-refractivity contribution in [2.75, 3.05) is 18.0 Å². The zero-order chi connectivity index (χ0) is 21.7. The average molecular weight is 418 g/mol. The van der Waals surface area contributed by atoms with Crippen molar-refractivity contribution in [2.24, 2.45) is 5.73 Å².